The lowest BCUT2D eigenvalue weighted by atomic mass is 10.2. The molecule has 16 heavy (non-hydrogen) atoms. The molecule has 0 atom stereocenters. The number of hydrogen-bond acceptors (Lipinski definition) is 4. The number of rotatable bonds is 5. The summed E-state index contributed by atoms with van der Waals surface area (Å²) < 4.78 is 5.41. The molecular weight excluding hydrogens is 232 g/mol. The van der Waals surface area contributed by atoms with Crippen molar-refractivity contribution < 1.29 is 9.66 Å². The number of benzene rings is 1. The van der Waals surface area contributed by atoms with E-state index in [0.717, 1.165) is 6.42 Å². The van der Waals surface area contributed by atoms with Gasteiger partial charge in [0.15, 0.2) is 0 Å². The molecule has 0 aromatic heterocycles. The van der Waals surface area contributed by atoms with E-state index in [9.17, 15) is 10.1 Å². The second kappa shape index (κ2) is 7.03. The van der Waals surface area contributed by atoms with Gasteiger partial charge in [-0.25, -0.2) is 0 Å². The molecular formula is C10H15ClN2O3. The Balaban J connectivity index is 0.00000225. The number of non-ortho nitro benzene ring substituents is 1. The Morgan fingerprint density at radius 1 is 1.50 bits per heavy atom. The van der Waals surface area contributed by atoms with Gasteiger partial charge in [0.2, 0.25) is 0 Å². The van der Waals surface area contributed by atoms with Crippen molar-refractivity contribution in [2.24, 2.45) is 5.73 Å². The molecule has 90 valence electrons. The van der Waals surface area contributed by atoms with E-state index in [-0.39, 0.29) is 24.6 Å². The lowest BCUT2D eigenvalue weighted by Crippen LogP contribution is -2.04. The number of nitro benzene ring substituents is 1. The third kappa shape index (κ3) is 3.67. The first kappa shape index (κ1) is 14.7. The molecule has 0 heterocycles. The molecule has 5 nitrogen and oxygen atoms in total. The number of ether oxygens (including phenoxy) is 1. The van der Waals surface area contributed by atoms with E-state index >= 15 is 0 Å². The first-order valence-electron chi connectivity index (χ1n) is 4.79. The first-order chi connectivity index (χ1) is 7.19. The maximum absolute atomic E-state index is 10.5. The van der Waals surface area contributed by atoms with Gasteiger partial charge in [0, 0.05) is 24.2 Å². The summed E-state index contributed by atoms with van der Waals surface area (Å²) in [6, 6.07) is 4.46. The molecule has 0 unspecified atom stereocenters. The van der Waals surface area contributed by atoms with Gasteiger partial charge >= 0.3 is 0 Å². The normalized spacial score (nSPS) is 9.38. The van der Waals surface area contributed by atoms with Crippen LogP contribution in [0.1, 0.15) is 18.9 Å². The molecule has 0 amide bonds. The van der Waals surface area contributed by atoms with E-state index in [1.165, 1.54) is 12.1 Å². The summed E-state index contributed by atoms with van der Waals surface area (Å²) in [5.74, 6) is 0.630. The minimum atomic E-state index is -0.442. The van der Waals surface area contributed by atoms with Crippen LogP contribution in [0.25, 0.3) is 0 Å². The smallest absolute Gasteiger partial charge is 0.270 e. The second-order valence-corrected chi connectivity index (χ2v) is 3.10. The number of nitrogens with zero attached hydrogens (tertiary/aromatic N) is 1. The van der Waals surface area contributed by atoms with Crippen LogP contribution >= 0.6 is 12.4 Å². The highest BCUT2D eigenvalue weighted by Gasteiger charge is 2.10. The number of nitro groups is 1. The minimum absolute atomic E-state index is 0. The average molecular weight is 247 g/mol. The fraction of sp³-hybridized carbons (Fsp3) is 0.400. The molecule has 0 aliphatic carbocycles. The molecule has 0 aliphatic rings. The fourth-order valence-electron chi connectivity index (χ4n) is 1.19. The van der Waals surface area contributed by atoms with Gasteiger partial charge in [0.05, 0.1) is 11.5 Å². The minimum Gasteiger partial charge on any atom is -0.493 e. The van der Waals surface area contributed by atoms with Crippen LogP contribution in [0.3, 0.4) is 0 Å². The van der Waals surface area contributed by atoms with Crippen LogP contribution in [0.15, 0.2) is 18.2 Å². The lowest BCUT2D eigenvalue weighted by Gasteiger charge is -2.08. The molecule has 1 aromatic carbocycles. The lowest BCUT2D eigenvalue weighted by molar-refractivity contribution is -0.384. The van der Waals surface area contributed by atoms with Crippen molar-refractivity contribution in [3.63, 3.8) is 0 Å². The maximum Gasteiger partial charge on any atom is 0.270 e. The van der Waals surface area contributed by atoms with Crippen LogP contribution in [0.2, 0.25) is 0 Å². The van der Waals surface area contributed by atoms with Gasteiger partial charge in [-0.1, -0.05) is 6.92 Å². The quantitative estimate of drug-likeness (QED) is 0.639. The predicted molar refractivity (Wildman–Crippen MR) is 64.0 cm³/mol. The zero-order chi connectivity index (χ0) is 11.3. The highest BCUT2D eigenvalue weighted by molar-refractivity contribution is 5.85. The van der Waals surface area contributed by atoms with Crippen molar-refractivity contribution in [3.8, 4) is 5.75 Å². The summed E-state index contributed by atoms with van der Waals surface area (Å²) in [5.41, 5.74) is 6.19. The Labute approximate surface area is 100 Å². The highest BCUT2D eigenvalue weighted by Crippen LogP contribution is 2.23. The fourth-order valence-corrected chi connectivity index (χ4v) is 1.19. The van der Waals surface area contributed by atoms with E-state index < -0.39 is 4.92 Å². The van der Waals surface area contributed by atoms with E-state index in [0.29, 0.717) is 17.9 Å². The van der Waals surface area contributed by atoms with E-state index in [2.05, 4.69) is 0 Å². The van der Waals surface area contributed by atoms with Crippen molar-refractivity contribution in [1.82, 2.24) is 0 Å². The van der Waals surface area contributed by atoms with Crippen molar-refractivity contribution >= 4 is 18.1 Å². The first-order valence-corrected chi connectivity index (χ1v) is 4.79. The Hall–Kier alpha value is -1.33. The van der Waals surface area contributed by atoms with Crippen LogP contribution < -0.4 is 10.5 Å². The van der Waals surface area contributed by atoms with Crippen LogP contribution in [0.4, 0.5) is 5.69 Å². The number of hydrogen-bond donors (Lipinski definition) is 1. The second-order valence-electron chi connectivity index (χ2n) is 3.10. The Bertz CT molecular complexity index is 358. The summed E-state index contributed by atoms with van der Waals surface area (Å²) in [6.45, 7) is 2.82. The van der Waals surface area contributed by atoms with Gasteiger partial charge in [-0.2, -0.15) is 0 Å². The van der Waals surface area contributed by atoms with Crippen molar-refractivity contribution in [1.29, 1.82) is 0 Å². The SMILES string of the molecule is CCCOc1ccc([N+](=O)[O-])cc1CN.Cl. The van der Waals surface area contributed by atoms with Crippen LogP contribution in [-0.4, -0.2) is 11.5 Å². The van der Waals surface area contributed by atoms with E-state index in [1.807, 2.05) is 6.92 Å². The summed E-state index contributed by atoms with van der Waals surface area (Å²) in [4.78, 5) is 10.1. The highest BCUT2D eigenvalue weighted by atomic mass is 35.5. The van der Waals surface area contributed by atoms with Crippen LogP contribution in [0.5, 0.6) is 5.75 Å². The third-order valence-electron chi connectivity index (χ3n) is 1.94. The Morgan fingerprint density at radius 2 is 2.19 bits per heavy atom. The molecule has 0 aliphatic heterocycles. The number of halogens is 1. The molecule has 6 heteroatoms. The summed E-state index contributed by atoms with van der Waals surface area (Å²) >= 11 is 0. The average Bonchev–Trinajstić information content (AvgIpc) is 2.25. The van der Waals surface area contributed by atoms with Gasteiger partial charge in [-0.05, 0) is 12.5 Å². The van der Waals surface area contributed by atoms with Crippen molar-refractivity contribution in [3.05, 3.63) is 33.9 Å². The largest absolute Gasteiger partial charge is 0.493 e. The topological polar surface area (TPSA) is 78.4 Å². The van der Waals surface area contributed by atoms with Gasteiger partial charge in [0.1, 0.15) is 5.75 Å². The van der Waals surface area contributed by atoms with Gasteiger partial charge in [0.25, 0.3) is 5.69 Å². The monoisotopic (exact) mass is 246 g/mol. The molecule has 0 bridgehead atoms. The van der Waals surface area contributed by atoms with E-state index in [4.69, 9.17) is 10.5 Å². The molecule has 0 radical (unpaired) electrons. The zero-order valence-corrected chi connectivity index (χ0v) is 9.83. The van der Waals surface area contributed by atoms with Gasteiger partial charge in [-0.3, -0.25) is 10.1 Å². The maximum atomic E-state index is 10.5. The molecule has 0 spiro atoms. The summed E-state index contributed by atoms with van der Waals surface area (Å²) in [6.07, 6.45) is 0.890. The Kier molecular flexibility index (Phi) is 6.44. The molecule has 0 saturated heterocycles. The molecule has 0 saturated carbocycles. The number of nitrogens with two attached hydrogens (primary N) is 1. The predicted octanol–water partition coefficient (Wildman–Crippen LogP) is 2.26. The molecule has 1 aromatic rings. The Morgan fingerprint density at radius 3 is 2.69 bits per heavy atom. The van der Waals surface area contributed by atoms with E-state index in [1.54, 1.807) is 6.07 Å². The summed E-state index contributed by atoms with van der Waals surface area (Å²) in [5, 5.41) is 10.5. The molecule has 1 rings (SSSR count). The third-order valence-corrected chi connectivity index (χ3v) is 1.94. The van der Waals surface area contributed by atoms with Gasteiger partial charge < -0.3 is 10.5 Å². The molecule has 0 fully saturated rings. The van der Waals surface area contributed by atoms with Crippen LogP contribution in [-0.2, 0) is 6.54 Å². The standard InChI is InChI=1S/C10H14N2O3.ClH/c1-2-5-15-10-4-3-9(12(13)14)6-8(10)7-11;/h3-4,6H,2,5,7,11H2,1H3;1H. The van der Waals surface area contributed by atoms with Gasteiger partial charge in [-0.15, -0.1) is 12.4 Å². The van der Waals surface area contributed by atoms with Crippen molar-refractivity contribution in [2.75, 3.05) is 6.61 Å². The summed E-state index contributed by atoms with van der Waals surface area (Å²) in [7, 11) is 0. The van der Waals surface area contributed by atoms with Crippen LogP contribution in [0, 0.1) is 10.1 Å². The van der Waals surface area contributed by atoms with Crippen molar-refractivity contribution in [2.45, 2.75) is 19.9 Å². The molecule has 2 N–H and O–H groups in total. The zero-order valence-electron chi connectivity index (χ0n) is 9.01.